The molecule has 2 rings (SSSR count). The molecule has 0 aliphatic heterocycles. The van der Waals surface area contributed by atoms with Crippen LogP contribution in [0.25, 0.3) is 11.3 Å². The third-order valence-corrected chi connectivity index (χ3v) is 3.55. The molecule has 0 bridgehead atoms. The van der Waals surface area contributed by atoms with Gasteiger partial charge >= 0.3 is 12.3 Å². The van der Waals surface area contributed by atoms with Gasteiger partial charge in [-0.05, 0) is 18.6 Å². The number of amides is 1. The van der Waals surface area contributed by atoms with Crippen LogP contribution in [0.3, 0.4) is 0 Å². The topological polar surface area (TPSA) is 51.2 Å². The molecule has 0 radical (unpaired) electrons. The summed E-state index contributed by atoms with van der Waals surface area (Å²) >= 11 is 16.4. The van der Waals surface area contributed by atoms with Crippen LogP contribution in [0.1, 0.15) is 11.1 Å². The van der Waals surface area contributed by atoms with Crippen molar-refractivity contribution in [2.24, 2.45) is 0 Å². The van der Waals surface area contributed by atoms with Gasteiger partial charge < -0.3 is 4.74 Å². The van der Waals surface area contributed by atoms with Gasteiger partial charge in [0.2, 0.25) is 3.79 Å². The Hall–Kier alpha value is -1.70. The van der Waals surface area contributed by atoms with E-state index in [4.69, 9.17) is 39.5 Å². The van der Waals surface area contributed by atoms with Gasteiger partial charge in [0.15, 0.2) is 0 Å². The minimum absolute atomic E-state index is 0.155. The van der Waals surface area contributed by atoms with E-state index in [2.05, 4.69) is 10.3 Å². The zero-order valence-corrected chi connectivity index (χ0v) is 15.5. The van der Waals surface area contributed by atoms with Crippen LogP contribution in [0.5, 0.6) is 0 Å². The average Bonchev–Trinajstić information content (AvgIpc) is 2.52. The van der Waals surface area contributed by atoms with Gasteiger partial charge in [0, 0.05) is 11.8 Å². The van der Waals surface area contributed by atoms with E-state index in [0.29, 0.717) is 11.8 Å². The van der Waals surface area contributed by atoms with Gasteiger partial charge in [-0.2, -0.15) is 13.2 Å². The van der Waals surface area contributed by atoms with Crippen LogP contribution in [0.2, 0.25) is 0 Å². The Morgan fingerprint density at radius 2 is 1.88 bits per heavy atom. The van der Waals surface area contributed by atoms with E-state index in [1.54, 1.807) is 31.2 Å². The average molecular weight is 428 g/mol. The SMILES string of the molecule is Cc1ccccc1-c1ncc(C(F)(F)F)cc1NC(=O)OCC(Cl)(Cl)Cl. The molecule has 1 amide bonds. The predicted molar refractivity (Wildman–Crippen MR) is 94.7 cm³/mol. The number of nitrogens with zero attached hydrogens (tertiary/aromatic N) is 1. The number of carbonyl (C=O) groups excluding carboxylic acids is 1. The number of halogens is 6. The van der Waals surface area contributed by atoms with E-state index < -0.39 is 28.2 Å². The third-order valence-electron chi connectivity index (χ3n) is 3.22. The molecule has 2 aromatic rings. The number of hydrogen-bond acceptors (Lipinski definition) is 3. The van der Waals surface area contributed by atoms with Crippen molar-refractivity contribution in [2.75, 3.05) is 11.9 Å². The van der Waals surface area contributed by atoms with Gasteiger partial charge in [0.25, 0.3) is 0 Å². The highest BCUT2D eigenvalue weighted by Crippen LogP contribution is 2.35. The first-order chi connectivity index (χ1) is 12.0. The number of aryl methyl sites for hydroxylation is 1. The second kappa shape index (κ2) is 7.90. The van der Waals surface area contributed by atoms with Crippen molar-refractivity contribution >= 4 is 46.6 Å². The standard InChI is InChI=1S/C16H12Cl3F3N2O2/c1-9-4-2-3-5-11(9)13-12(6-10(7-23-13)16(20,21)22)24-14(25)26-8-15(17,18)19/h2-7H,8H2,1H3,(H,24,25). The van der Waals surface area contributed by atoms with E-state index in [-0.39, 0.29) is 11.4 Å². The van der Waals surface area contributed by atoms with Crippen LogP contribution in [0.15, 0.2) is 36.5 Å². The second-order valence-electron chi connectivity index (χ2n) is 5.25. The lowest BCUT2D eigenvalue weighted by atomic mass is 10.0. The first-order valence-electron chi connectivity index (χ1n) is 7.11. The molecular weight excluding hydrogens is 416 g/mol. The van der Waals surface area contributed by atoms with Crippen molar-refractivity contribution in [3.8, 4) is 11.3 Å². The summed E-state index contributed by atoms with van der Waals surface area (Å²) in [7, 11) is 0. The Balaban J connectivity index is 2.40. The molecule has 0 aliphatic rings. The number of rotatable bonds is 3. The summed E-state index contributed by atoms with van der Waals surface area (Å²) in [5.41, 5.74) is 0.271. The molecule has 0 saturated heterocycles. The Morgan fingerprint density at radius 1 is 1.23 bits per heavy atom. The highest BCUT2D eigenvalue weighted by molar-refractivity contribution is 6.67. The zero-order valence-electron chi connectivity index (χ0n) is 13.2. The summed E-state index contributed by atoms with van der Waals surface area (Å²) in [5, 5.41) is 2.22. The number of pyridine rings is 1. The van der Waals surface area contributed by atoms with Crippen LogP contribution in [-0.4, -0.2) is 21.5 Å². The molecule has 1 aromatic carbocycles. The Bertz CT molecular complexity index is 808. The number of aromatic nitrogens is 1. The molecule has 0 unspecified atom stereocenters. The molecule has 1 heterocycles. The first kappa shape index (κ1) is 20.6. The largest absolute Gasteiger partial charge is 0.445 e. The van der Waals surface area contributed by atoms with E-state index in [0.717, 1.165) is 11.6 Å². The van der Waals surface area contributed by atoms with Crippen LogP contribution >= 0.6 is 34.8 Å². The summed E-state index contributed by atoms with van der Waals surface area (Å²) in [6.45, 7) is 1.19. The highest BCUT2D eigenvalue weighted by Gasteiger charge is 2.32. The van der Waals surface area contributed by atoms with Crippen molar-refractivity contribution in [3.05, 3.63) is 47.7 Å². The fourth-order valence-electron chi connectivity index (χ4n) is 2.06. The number of carbonyl (C=O) groups is 1. The van der Waals surface area contributed by atoms with Gasteiger partial charge in [0.1, 0.15) is 6.61 Å². The lowest BCUT2D eigenvalue weighted by Gasteiger charge is -2.16. The van der Waals surface area contributed by atoms with Gasteiger partial charge in [-0.1, -0.05) is 59.1 Å². The van der Waals surface area contributed by atoms with E-state index in [1.165, 1.54) is 0 Å². The molecule has 0 atom stereocenters. The third kappa shape index (κ3) is 5.65. The second-order valence-corrected chi connectivity index (χ2v) is 7.77. The molecule has 1 N–H and O–H groups in total. The van der Waals surface area contributed by atoms with Gasteiger partial charge in [-0.3, -0.25) is 10.3 Å². The maximum absolute atomic E-state index is 13.0. The van der Waals surface area contributed by atoms with Crippen molar-refractivity contribution in [1.82, 2.24) is 4.98 Å². The van der Waals surface area contributed by atoms with Crippen molar-refractivity contribution in [2.45, 2.75) is 16.9 Å². The lowest BCUT2D eigenvalue weighted by molar-refractivity contribution is -0.137. The summed E-state index contributed by atoms with van der Waals surface area (Å²) in [4.78, 5) is 15.7. The first-order valence-corrected chi connectivity index (χ1v) is 8.24. The molecule has 0 fully saturated rings. The molecule has 0 saturated carbocycles. The number of alkyl halides is 6. The summed E-state index contributed by atoms with van der Waals surface area (Å²) in [6.07, 6.45) is -5.01. The molecule has 1 aromatic heterocycles. The lowest BCUT2D eigenvalue weighted by Crippen LogP contribution is -2.22. The Kier molecular flexibility index (Phi) is 6.26. The number of nitrogens with one attached hydrogen (secondary N) is 1. The maximum atomic E-state index is 13.0. The van der Waals surface area contributed by atoms with Crippen molar-refractivity contribution in [3.63, 3.8) is 0 Å². The predicted octanol–water partition coefficient (Wildman–Crippen LogP) is 5.99. The van der Waals surface area contributed by atoms with Gasteiger partial charge in [-0.25, -0.2) is 4.79 Å². The van der Waals surface area contributed by atoms with Crippen LogP contribution in [-0.2, 0) is 10.9 Å². The van der Waals surface area contributed by atoms with Crippen LogP contribution in [0.4, 0.5) is 23.7 Å². The molecule has 10 heteroatoms. The van der Waals surface area contributed by atoms with Crippen LogP contribution in [0, 0.1) is 6.92 Å². The minimum Gasteiger partial charge on any atom is -0.445 e. The van der Waals surface area contributed by atoms with E-state index >= 15 is 0 Å². The number of hydrogen-bond donors (Lipinski definition) is 1. The molecule has 0 aliphatic carbocycles. The maximum Gasteiger partial charge on any atom is 0.417 e. The quantitative estimate of drug-likeness (QED) is 0.612. The normalized spacial score (nSPS) is 12.0. The molecule has 0 spiro atoms. The van der Waals surface area contributed by atoms with Crippen molar-refractivity contribution in [1.29, 1.82) is 0 Å². The number of ether oxygens (including phenoxy) is 1. The Morgan fingerprint density at radius 3 is 2.46 bits per heavy atom. The smallest absolute Gasteiger partial charge is 0.417 e. The molecule has 4 nitrogen and oxygen atoms in total. The minimum atomic E-state index is -4.63. The molecule has 26 heavy (non-hydrogen) atoms. The monoisotopic (exact) mass is 426 g/mol. The summed E-state index contributed by atoms with van der Waals surface area (Å²) < 4.78 is 41.8. The van der Waals surface area contributed by atoms with Crippen molar-refractivity contribution < 1.29 is 22.7 Å². The summed E-state index contributed by atoms with van der Waals surface area (Å²) in [6, 6.07) is 7.67. The van der Waals surface area contributed by atoms with E-state index in [1.807, 2.05) is 0 Å². The van der Waals surface area contributed by atoms with Crippen LogP contribution < -0.4 is 5.32 Å². The fourth-order valence-corrected chi connectivity index (χ4v) is 2.23. The van der Waals surface area contributed by atoms with E-state index in [9.17, 15) is 18.0 Å². The number of benzene rings is 1. The van der Waals surface area contributed by atoms with Gasteiger partial charge in [0.05, 0.1) is 16.9 Å². The highest BCUT2D eigenvalue weighted by atomic mass is 35.6. The molecule has 140 valence electrons. The summed E-state index contributed by atoms with van der Waals surface area (Å²) in [5.74, 6) is 0. The Labute approximate surface area is 162 Å². The zero-order chi connectivity index (χ0) is 19.5. The number of anilines is 1. The fraction of sp³-hybridized carbons (Fsp3) is 0.250. The van der Waals surface area contributed by atoms with Gasteiger partial charge in [-0.15, -0.1) is 0 Å². The molecular formula is C16H12Cl3F3N2O2.